The van der Waals surface area contributed by atoms with Gasteiger partial charge in [0.2, 0.25) is 5.91 Å². The molecule has 7 heteroatoms. The van der Waals surface area contributed by atoms with Gasteiger partial charge in [-0.1, -0.05) is 24.3 Å². The van der Waals surface area contributed by atoms with Gasteiger partial charge in [0, 0.05) is 37.5 Å². The van der Waals surface area contributed by atoms with E-state index in [0.717, 1.165) is 55.3 Å². The minimum atomic E-state index is 0.0160. The molecule has 1 aliphatic heterocycles. The summed E-state index contributed by atoms with van der Waals surface area (Å²) >= 11 is 1.76. The second-order valence-corrected chi connectivity index (χ2v) is 9.07. The van der Waals surface area contributed by atoms with Crippen molar-refractivity contribution in [3.05, 3.63) is 64.1 Å². The van der Waals surface area contributed by atoms with Gasteiger partial charge in [0.1, 0.15) is 0 Å². The lowest BCUT2D eigenvalue weighted by Gasteiger charge is -2.24. The predicted molar refractivity (Wildman–Crippen MR) is 125 cm³/mol. The van der Waals surface area contributed by atoms with Gasteiger partial charge in [-0.05, 0) is 50.3 Å². The summed E-state index contributed by atoms with van der Waals surface area (Å²) in [5.74, 6) is 0.0160. The average Bonchev–Trinajstić information content (AvgIpc) is 3.53. The number of para-hydroxylation sites is 1. The Kier molecular flexibility index (Phi) is 7.17. The van der Waals surface area contributed by atoms with Crippen LogP contribution in [0.5, 0.6) is 0 Å². The number of ether oxygens (including phenoxy) is 1. The molecule has 0 bridgehead atoms. The lowest BCUT2D eigenvalue weighted by molar-refractivity contribution is -0.116. The molecule has 4 rings (SSSR count). The molecule has 0 aliphatic carbocycles. The van der Waals surface area contributed by atoms with Crippen LogP contribution < -0.4 is 5.32 Å². The van der Waals surface area contributed by atoms with Gasteiger partial charge in [-0.2, -0.15) is 5.10 Å². The third-order valence-corrected chi connectivity index (χ3v) is 6.52. The number of aromatic nitrogens is 2. The van der Waals surface area contributed by atoms with Gasteiger partial charge in [-0.15, -0.1) is 11.3 Å². The number of hydrogen-bond acceptors (Lipinski definition) is 5. The molecule has 6 nitrogen and oxygen atoms in total. The van der Waals surface area contributed by atoms with E-state index in [1.807, 2.05) is 48.9 Å². The largest absolute Gasteiger partial charge is 0.377 e. The molecular weight excluding hydrogens is 408 g/mol. The van der Waals surface area contributed by atoms with Gasteiger partial charge in [-0.3, -0.25) is 9.69 Å². The monoisotopic (exact) mass is 438 g/mol. The van der Waals surface area contributed by atoms with Crippen molar-refractivity contribution in [2.45, 2.75) is 45.8 Å². The number of nitrogens with one attached hydrogen (secondary N) is 1. The van der Waals surface area contributed by atoms with Crippen LogP contribution in [0.3, 0.4) is 0 Å². The lowest BCUT2D eigenvalue weighted by atomic mass is 10.2. The first-order chi connectivity index (χ1) is 15.1. The Morgan fingerprint density at radius 1 is 1.26 bits per heavy atom. The Hall–Kier alpha value is -2.48. The van der Waals surface area contributed by atoms with Crippen molar-refractivity contribution in [1.29, 1.82) is 0 Å². The molecule has 164 valence electrons. The van der Waals surface area contributed by atoms with Crippen molar-refractivity contribution in [2.24, 2.45) is 0 Å². The van der Waals surface area contributed by atoms with Crippen LogP contribution in [0.1, 0.15) is 35.5 Å². The third-order valence-electron chi connectivity index (χ3n) is 5.66. The molecule has 1 amide bonds. The molecule has 2 aromatic heterocycles. The maximum absolute atomic E-state index is 12.8. The first-order valence-electron chi connectivity index (χ1n) is 10.9. The Bertz CT molecular complexity index is 979. The molecule has 1 saturated heterocycles. The number of carbonyl (C=O) groups excluding carboxylic acids is 1. The minimum absolute atomic E-state index is 0.0160. The lowest BCUT2D eigenvalue weighted by Crippen LogP contribution is -2.34. The topological polar surface area (TPSA) is 59.4 Å². The van der Waals surface area contributed by atoms with Crippen molar-refractivity contribution in [1.82, 2.24) is 14.7 Å². The summed E-state index contributed by atoms with van der Waals surface area (Å²) < 4.78 is 7.71. The van der Waals surface area contributed by atoms with E-state index in [0.29, 0.717) is 13.0 Å². The highest BCUT2D eigenvalue weighted by molar-refractivity contribution is 7.09. The Morgan fingerprint density at radius 2 is 2.10 bits per heavy atom. The highest BCUT2D eigenvalue weighted by Gasteiger charge is 2.21. The van der Waals surface area contributed by atoms with E-state index < -0.39 is 0 Å². The van der Waals surface area contributed by atoms with Crippen LogP contribution in [0.25, 0.3) is 5.69 Å². The summed E-state index contributed by atoms with van der Waals surface area (Å²) in [5, 5.41) is 9.82. The van der Waals surface area contributed by atoms with E-state index in [4.69, 9.17) is 4.74 Å². The number of anilines is 1. The van der Waals surface area contributed by atoms with Crippen molar-refractivity contribution in [3.63, 3.8) is 0 Å². The molecule has 1 aliphatic rings. The second kappa shape index (κ2) is 10.2. The van der Waals surface area contributed by atoms with E-state index in [-0.39, 0.29) is 12.0 Å². The smallest absolute Gasteiger partial charge is 0.225 e. The summed E-state index contributed by atoms with van der Waals surface area (Å²) in [6.45, 7) is 7.20. The van der Waals surface area contributed by atoms with Gasteiger partial charge in [0.15, 0.2) is 0 Å². The Balaban J connectivity index is 1.38. The fraction of sp³-hybridized carbons (Fsp3) is 0.417. The maximum Gasteiger partial charge on any atom is 0.225 e. The van der Waals surface area contributed by atoms with Gasteiger partial charge >= 0.3 is 0 Å². The van der Waals surface area contributed by atoms with Gasteiger partial charge in [0.25, 0.3) is 0 Å². The van der Waals surface area contributed by atoms with Crippen LogP contribution in [0.4, 0.5) is 5.69 Å². The second-order valence-electron chi connectivity index (χ2n) is 8.04. The number of rotatable bonds is 9. The van der Waals surface area contributed by atoms with E-state index >= 15 is 0 Å². The fourth-order valence-electron chi connectivity index (χ4n) is 4.04. The van der Waals surface area contributed by atoms with Crippen LogP contribution in [0.2, 0.25) is 0 Å². The highest BCUT2D eigenvalue weighted by atomic mass is 32.1. The standard InChI is InChI=1S/C24H30N4O2S/c1-18-24(19(2)28(26-18)20-8-4-3-5-9-20)25-23(29)12-13-27(16-21-10-6-14-30-21)17-22-11-7-15-31-22/h3-5,7-9,11,15,21H,6,10,12-14,16-17H2,1-2H3,(H,25,29). The summed E-state index contributed by atoms with van der Waals surface area (Å²) in [6, 6.07) is 14.2. The van der Waals surface area contributed by atoms with Gasteiger partial charge in [0.05, 0.1) is 28.9 Å². The molecule has 1 atom stereocenters. The predicted octanol–water partition coefficient (Wildman–Crippen LogP) is 4.56. The van der Waals surface area contributed by atoms with Crippen molar-refractivity contribution in [3.8, 4) is 5.69 Å². The third kappa shape index (κ3) is 5.61. The van der Waals surface area contributed by atoms with E-state index in [1.165, 1.54) is 4.88 Å². The highest BCUT2D eigenvalue weighted by Crippen LogP contribution is 2.23. The summed E-state index contributed by atoms with van der Waals surface area (Å²) in [5.41, 5.74) is 3.55. The Morgan fingerprint density at radius 3 is 2.81 bits per heavy atom. The molecule has 1 aromatic carbocycles. The zero-order chi connectivity index (χ0) is 21.6. The zero-order valence-corrected chi connectivity index (χ0v) is 19.0. The number of thiophene rings is 1. The summed E-state index contributed by atoms with van der Waals surface area (Å²) in [6.07, 6.45) is 2.94. The zero-order valence-electron chi connectivity index (χ0n) is 18.2. The molecule has 31 heavy (non-hydrogen) atoms. The summed E-state index contributed by atoms with van der Waals surface area (Å²) in [4.78, 5) is 16.5. The molecule has 3 aromatic rings. The molecule has 1 unspecified atom stereocenters. The first kappa shape index (κ1) is 21.7. The molecule has 1 fully saturated rings. The first-order valence-corrected chi connectivity index (χ1v) is 11.8. The normalized spacial score (nSPS) is 16.2. The van der Waals surface area contributed by atoms with Crippen LogP contribution in [0.15, 0.2) is 47.8 Å². The van der Waals surface area contributed by atoms with Crippen molar-refractivity contribution in [2.75, 3.05) is 25.0 Å². The maximum atomic E-state index is 12.8. The van der Waals surface area contributed by atoms with Crippen LogP contribution in [-0.4, -0.2) is 46.4 Å². The van der Waals surface area contributed by atoms with Crippen LogP contribution >= 0.6 is 11.3 Å². The van der Waals surface area contributed by atoms with Gasteiger partial charge in [-0.25, -0.2) is 4.68 Å². The molecular formula is C24H30N4O2S. The SMILES string of the molecule is Cc1nn(-c2ccccc2)c(C)c1NC(=O)CCN(Cc1cccs1)CC1CCCO1. The quantitative estimate of drug-likeness (QED) is 0.532. The van der Waals surface area contributed by atoms with E-state index in [1.54, 1.807) is 11.3 Å². The molecule has 0 saturated carbocycles. The number of hydrogen-bond donors (Lipinski definition) is 1. The number of carbonyl (C=O) groups is 1. The van der Waals surface area contributed by atoms with Gasteiger partial charge < -0.3 is 10.1 Å². The molecule has 0 spiro atoms. The molecule has 3 heterocycles. The van der Waals surface area contributed by atoms with Crippen molar-refractivity contribution >= 4 is 22.9 Å². The average molecular weight is 439 g/mol. The fourth-order valence-corrected chi connectivity index (χ4v) is 4.79. The van der Waals surface area contributed by atoms with Crippen LogP contribution in [-0.2, 0) is 16.1 Å². The number of amides is 1. The molecule has 1 N–H and O–H groups in total. The summed E-state index contributed by atoms with van der Waals surface area (Å²) in [7, 11) is 0. The van der Waals surface area contributed by atoms with E-state index in [9.17, 15) is 4.79 Å². The number of nitrogens with zero attached hydrogens (tertiary/aromatic N) is 3. The minimum Gasteiger partial charge on any atom is -0.377 e. The number of benzene rings is 1. The number of aryl methyl sites for hydroxylation is 1. The van der Waals surface area contributed by atoms with Crippen molar-refractivity contribution < 1.29 is 9.53 Å². The Labute approximate surface area is 187 Å². The van der Waals surface area contributed by atoms with Crippen LogP contribution in [0, 0.1) is 13.8 Å². The van der Waals surface area contributed by atoms with E-state index in [2.05, 4.69) is 32.8 Å². The molecule has 0 radical (unpaired) electrons.